The molecular weight excluding hydrogens is 240 g/mol. The maximum absolute atomic E-state index is 5.74. The largest absolute Gasteiger partial charge is 0.490 e. The minimum absolute atomic E-state index is 0.706. The van der Waals surface area contributed by atoms with Gasteiger partial charge in [-0.15, -0.1) is 0 Å². The summed E-state index contributed by atoms with van der Waals surface area (Å²) in [5, 5.41) is 3.22. The lowest BCUT2D eigenvalue weighted by molar-refractivity contribution is 0.310. The Balaban J connectivity index is 2.13. The fourth-order valence-electron chi connectivity index (χ4n) is 1.65. The summed E-state index contributed by atoms with van der Waals surface area (Å²) in [6.45, 7) is 4.86. The van der Waals surface area contributed by atoms with Gasteiger partial charge in [-0.2, -0.15) is 0 Å². The number of ether oxygens (including phenoxy) is 1. The molecule has 0 amide bonds. The lowest BCUT2D eigenvalue weighted by Crippen LogP contribution is -2.03. The first-order valence-electron chi connectivity index (χ1n) is 6.55. The van der Waals surface area contributed by atoms with Crippen LogP contribution in [0, 0.1) is 6.92 Å². The van der Waals surface area contributed by atoms with E-state index in [1.165, 1.54) is 0 Å². The molecule has 0 saturated heterocycles. The van der Waals surface area contributed by atoms with Gasteiger partial charge in [0, 0.05) is 13.2 Å². The summed E-state index contributed by atoms with van der Waals surface area (Å²) in [5.74, 6) is 2.28. The van der Waals surface area contributed by atoms with E-state index < -0.39 is 0 Å². The normalized spacial score (nSPS) is 10.5. The number of nitrogens with one attached hydrogen (secondary N) is 1. The van der Waals surface area contributed by atoms with Crippen LogP contribution in [0.1, 0.15) is 25.5 Å². The van der Waals surface area contributed by atoms with Crippen molar-refractivity contribution in [2.75, 3.05) is 11.9 Å². The van der Waals surface area contributed by atoms with Gasteiger partial charge in [0.2, 0.25) is 0 Å². The van der Waals surface area contributed by atoms with Crippen LogP contribution in [0.2, 0.25) is 0 Å². The summed E-state index contributed by atoms with van der Waals surface area (Å²) in [6.07, 6.45) is 5.67. The van der Waals surface area contributed by atoms with Crippen molar-refractivity contribution in [3.63, 3.8) is 0 Å². The van der Waals surface area contributed by atoms with Gasteiger partial charge in [-0.3, -0.25) is 0 Å². The summed E-state index contributed by atoms with van der Waals surface area (Å²) in [7, 11) is 1.96. The smallest absolute Gasteiger partial charge is 0.174 e. The summed E-state index contributed by atoms with van der Waals surface area (Å²) in [6, 6.07) is 3.79. The minimum Gasteiger partial charge on any atom is -0.490 e. The number of imidazole rings is 1. The van der Waals surface area contributed by atoms with Crippen molar-refractivity contribution in [1.29, 1.82) is 0 Å². The molecule has 2 rings (SSSR count). The van der Waals surface area contributed by atoms with Gasteiger partial charge >= 0.3 is 0 Å². The van der Waals surface area contributed by atoms with E-state index in [-0.39, 0.29) is 0 Å². The molecule has 0 aliphatic carbocycles. The number of aromatic nitrogens is 3. The van der Waals surface area contributed by atoms with Crippen molar-refractivity contribution in [2.24, 2.45) is 7.05 Å². The third-order valence-corrected chi connectivity index (χ3v) is 2.99. The van der Waals surface area contributed by atoms with Gasteiger partial charge < -0.3 is 14.6 Å². The van der Waals surface area contributed by atoms with Gasteiger partial charge in [-0.1, -0.05) is 13.3 Å². The number of nitrogens with zero attached hydrogens (tertiary/aromatic N) is 3. The minimum atomic E-state index is 0.706. The molecule has 2 aromatic heterocycles. The van der Waals surface area contributed by atoms with E-state index in [4.69, 9.17) is 4.74 Å². The average molecular weight is 260 g/mol. The Morgan fingerprint density at radius 1 is 1.32 bits per heavy atom. The Kier molecular flexibility index (Phi) is 4.39. The number of anilines is 2. The monoisotopic (exact) mass is 260 g/mol. The van der Waals surface area contributed by atoms with Crippen molar-refractivity contribution in [1.82, 2.24) is 14.5 Å². The van der Waals surface area contributed by atoms with Crippen LogP contribution in [0.4, 0.5) is 11.6 Å². The number of hydrogen-bond donors (Lipinski definition) is 1. The predicted octanol–water partition coefficient (Wildman–Crippen LogP) is 3.05. The van der Waals surface area contributed by atoms with Crippen molar-refractivity contribution in [3.05, 3.63) is 30.4 Å². The third kappa shape index (κ3) is 3.24. The highest BCUT2D eigenvalue weighted by molar-refractivity contribution is 5.60. The van der Waals surface area contributed by atoms with Crippen LogP contribution < -0.4 is 10.1 Å². The van der Waals surface area contributed by atoms with E-state index >= 15 is 0 Å². The van der Waals surface area contributed by atoms with Gasteiger partial charge in [-0.25, -0.2) is 9.97 Å². The third-order valence-electron chi connectivity index (χ3n) is 2.99. The van der Waals surface area contributed by atoms with Crippen LogP contribution >= 0.6 is 0 Å². The average Bonchev–Trinajstić information content (AvgIpc) is 2.73. The first kappa shape index (κ1) is 13.4. The van der Waals surface area contributed by atoms with Gasteiger partial charge in [0.25, 0.3) is 0 Å². The van der Waals surface area contributed by atoms with Crippen LogP contribution in [0.5, 0.6) is 5.75 Å². The molecule has 0 fully saturated rings. The zero-order chi connectivity index (χ0) is 13.7. The first-order chi connectivity index (χ1) is 9.22. The lowest BCUT2D eigenvalue weighted by Gasteiger charge is -2.11. The Morgan fingerprint density at radius 3 is 2.84 bits per heavy atom. The molecule has 0 aromatic carbocycles. The summed E-state index contributed by atoms with van der Waals surface area (Å²) >= 11 is 0. The van der Waals surface area contributed by atoms with E-state index in [1.807, 2.05) is 30.7 Å². The van der Waals surface area contributed by atoms with E-state index in [2.05, 4.69) is 22.2 Å². The first-order valence-corrected chi connectivity index (χ1v) is 6.55. The molecule has 2 aromatic rings. The van der Waals surface area contributed by atoms with Crippen molar-refractivity contribution in [2.45, 2.75) is 26.7 Å². The summed E-state index contributed by atoms with van der Waals surface area (Å²) in [5.41, 5.74) is 1.06. The van der Waals surface area contributed by atoms with Gasteiger partial charge in [0.1, 0.15) is 0 Å². The topological polar surface area (TPSA) is 52.0 Å². The molecule has 5 nitrogen and oxygen atoms in total. The second-order valence-corrected chi connectivity index (χ2v) is 4.47. The lowest BCUT2D eigenvalue weighted by atomic mass is 10.3. The Bertz CT molecular complexity index is 536. The number of hydrogen-bond acceptors (Lipinski definition) is 4. The second-order valence-electron chi connectivity index (χ2n) is 4.47. The maximum atomic E-state index is 5.74. The Labute approximate surface area is 113 Å². The second kappa shape index (κ2) is 6.22. The molecule has 0 saturated carbocycles. The van der Waals surface area contributed by atoms with Crippen molar-refractivity contribution in [3.8, 4) is 5.75 Å². The molecule has 102 valence electrons. The van der Waals surface area contributed by atoms with Gasteiger partial charge in [0.05, 0.1) is 18.6 Å². The van der Waals surface area contributed by atoms with Crippen molar-refractivity contribution >= 4 is 11.6 Å². The highest BCUT2D eigenvalue weighted by Gasteiger charge is 2.09. The molecule has 0 radical (unpaired) electrons. The van der Waals surface area contributed by atoms with E-state index in [0.29, 0.717) is 12.4 Å². The predicted molar refractivity (Wildman–Crippen MR) is 75.9 cm³/mol. The molecule has 0 spiro atoms. The van der Waals surface area contributed by atoms with Crippen LogP contribution in [0.15, 0.2) is 24.7 Å². The standard InChI is InChI=1S/C14H20N4O/c1-4-5-9-19-12-7-6-8-15-14(12)17-13-11(2)18(3)10-16-13/h6-8,10H,4-5,9H2,1-3H3,(H,15,17). The molecule has 0 atom stereocenters. The quantitative estimate of drug-likeness (QED) is 0.811. The van der Waals surface area contributed by atoms with E-state index in [1.54, 1.807) is 12.5 Å². The molecule has 5 heteroatoms. The van der Waals surface area contributed by atoms with Crippen LogP contribution in [0.25, 0.3) is 0 Å². The molecule has 0 aliphatic rings. The number of unbranched alkanes of at least 4 members (excludes halogenated alkanes) is 1. The van der Waals surface area contributed by atoms with Crippen LogP contribution in [-0.2, 0) is 7.05 Å². The molecule has 1 N–H and O–H groups in total. The number of aryl methyl sites for hydroxylation is 1. The molecule has 0 unspecified atom stereocenters. The highest BCUT2D eigenvalue weighted by atomic mass is 16.5. The fourth-order valence-corrected chi connectivity index (χ4v) is 1.65. The molecule has 0 bridgehead atoms. The number of pyridine rings is 1. The molecule has 0 aliphatic heterocycles. The van der Waals surface area contributed by atoms with Gasteiger partial charge in [-0.05, 0) is 25.5 Å². The molecule has 19 heavy (non-hydrogen) atoms. The highest BCUT2D eigenvalue weighted by Crippen LogP contribution is 2.25. The molecular formula is C14H20N4O. The Morgan fingerprint density at radius 2 is 2.16 bits per heavy atom. The van der Waals surface area contributed by atoms with Crippen LogP contribution in [0.3, 0.4) is 0 Å². The summed E-state index contributed by atoms with van der Waals surface area (Å²) < 4.78 is 7.70. The van der Waals surface area contributed by atoms with Crippen LogP contribution in [-0.4, -0.2) is 21.1 Å². The summed E-state index contributed by atoms with van der Waals surface area (Å²) in [4.78, 5) is 8.62. The van der Waals surface area contributed by atoms with Crippen molar-refractivity contribution < 1.29 is 4.74 Å². The number of rotatable bonds is 6. The zero-order valence-corrected chi connectivity index (χ0v) is 11.7. The van der Waals surface area contributed by atoms with E-state index in [0.717, 1.165) is 30.1 Å². The Hall–Kier alpha value is -2.04. The fraction of sp³-hybridized carbons (Fsp3) is 0.429. The molecule has 2 heterocycles. The zero-order valence-electron chi connectivity index (χ0n) is 11.7. The SMILES string of the molecule is CCCCOc1cccnc1Nc1ncn(C)c1C. The van der Waals surface area contributed by atoms with E-state index in [9.17, 15) is 0 Å². The van der Waals surface area contributed by atoms with Gasteiger partial charge in [0.15, 0.2) is 17.4 Å². The maximum Gasteiger partial charge on any atom is 0.174 e.